The average Bonchev–Trinajstić information content (AvgIpc) is 3.12. The SMILES string of the molecule is c1nc(N2CCC3(CCC3)C2)cc(N2CCC3(CCC3)C2)n1. The molecule has 0 aromatic carbocycles. The number of anilines is 2. The first kappa shape index (κ1) is 13.1. The first-order chi connectivity index (χ1) is 10.8. The van der Waals surface area contributed by atoms with Gasteiger partial charge in [0, 0.05) is 32.2 Å². The van der Waals surface area contributed by atoms with E-state index in [4.69, 9.17) is 0 Å². The zero-order chi connectivity index (χ0) is 14.6. The lowest BCUT2D eigenvalue weighted by atomic mass is 9.68. The summed E-state index contributed by atoms with van der Waals surface area (Å²) in [5.41, 5.74) is 1.27. The van der Waals surface area contributed by atoms with Crippen LogP contribution in [0, 0.1) is 10.8 Å². The Balaban J connectivity index is 1.33. The van der Waals surface area contributed by atoms with Gasteiger partial charge in [-0.25, -0.2) is 9.97 Å². The molecule has 2 saturated carbocycles. The number of rotatable bonds is 2. The van der Waals surface area contributed by atoms with Crippen molar-refractivity contribution in [1.82, 2.24) is 9.97 Å². The quantitative estimate of drug-likeness (QED) is 0.839. The highest BCUT2D eigenvalue weighted by atomic mass is 15.3. The molecule has 0 N–H and O–H groups in total. The Bertz CT molecular complexity index is 529. The van der Waals surface area contributed by atoms with E-state index in [0.717, 1.165) is 11.6 Å². The second kappa shape index (κ2) is 4.59. The Morgan fingerprint density at radius 2 is 1.23 bits per heavy atom. The van der Waals surface area contributed by atoms with Crippen molar-refractivity contribution in [3.05, 3.63) is 12.4 Å². The van der Waals surface area contributed by atoms with Crippen LogP contribution in [0.25, 0.3) is 0 Å². The van der Waals surface area contributed by atoms with Crippen molar-refractivity contribution in [1.29, 1.82) is 0 Å². The monoisotopic (exact) mass is 298 g/mol. The summed E-state index contributed by atoms with van der Waals surface area (Å²) < 4.78 is 0. The summed E-state index contributed by atoms with van der Waals surface area (Å²) >= 11 is 0. The van der Waals surface area contributed by atoms with Crippen LogP contribution in [0.4, 0.5) is 11.6 Å². The Morgan fingerprint density at radius 1 is 0.727 bits per heavy atom. The molecule has 3 heterocycles. The van der Waals surface area contributed by atoms with Gasteiger partial charge >= 0.3 is 0 Å². The minimum absolute atomic E-state index is 0.634. The van der Waals surface area contributed by atoms with E-state index in [2.05, 4.69) is 25.8 Å². The summed E-state index contributed by atoms with van der Waals surface area (Å²) in [5.74, 6) is 2.31. The van der Waals surface area contributed by atoms with E-state index in [0.29, 0.717) is 10.8 Å². The van der Waals surface area contributed by atoms with Gasteiger partial charge in [-0.3, -0.25) is 0 Å². The number of hydrogen-bond donors (Lipinski definition) is 0. The third-order valence-electron chi connectivity index (χ3n) is 6.99. The Labute approximate surface area is 132 Å². The van der Waals surface area contributed by atoms with Crippen molar-refractivity contribution in [2.75, 3.05) is 36.0 Å². The normalized spacial score (nSPS) is 28.2. The fourth-order valence-electron chi connectivity index (χ4n) is 5.11. The van der Waals surface area contributed by atoms with Crippen molar-refractivity contribution in [3.8, 4) is 0 Å². The highest BCUT2D eigenvalue weighted by molar-refractivity contribution is 5.52. The van der Waals surface area contributed by atoms with Crippen LogP contribution in [0.3, 0.4) is 0 Å². The molecule has 2 spiro atoms. The maximum absolute atomic E-state index is 4.58. The average molecular weight is 298 g/mol. The van der Waals surface area contributed by atoms with Crippen LogP contribution in [-0.2, 0) is 0 Å². The third-order valence-corrected chi connectivity index (χ3v) is 6.99. The van der Waals surface area contributed by atoms with Crippen molar-refractivity contribution in [2.45, 2.75) is 51.4 Å². The molecule has 0 radical (unpaired) electrons. The van der Waals surface area contributed by atoms with Gasteiger partial charge in [0.1, 0.15) is 18.0 Å². The van der Waals surface area contributed by atoms with Crippen LogP contribution in [0.2, 0.25) is 0 Å². The van der Waals surface area contributed by atoms with Crippen LogP contribution in [0.1, 0.15) is 51.4 Å². The minimum Gasteiger partial charge on any atom is -0.356 e. The maximum Gasteiger partial charge on any atom is 0.134 e. The van der Waals surface area contributed by atoms with E-state index < -0.39 is 0 Å². The van der Waals surface area contributed by atoms with Crippen LogP contribution in [0.5, 0.6) is 0 Å². The summed E-state index contributed by atoms with van der Waals surface area (Å²) in [7, 11) is 0. The second-order valence-corrected chi connectivity index (χ2v) is 8.28. The molecular formula is C18H26N4. The largest absolute Gasteiger partial charge is 0.356 e. The molecule has 5 rings (SSSR count). The lowest BCUT2D eigenvalue weighted by Crippen LogP contribution is -2.34. The summed E-state index contributed by atoms with van der Waals surface area (Å²) in [6.45, 7) is 4.79. The number of hydrogen-bond acceptors (Lipinski definition) is 4. The molecule has 1 aromatic heterocycles. The summed E-state index contributed by atoms with van der Waals surface area (Å²) in [6, 6.07) is 2.25. The number of aromatic nitrogens is 2. The van der Waals surface area contributed by atoms with E-state index >= 15 is 0 Å². The lowest BCUT2D eigenvalue weighted by molar-refractivity contribution is 0.165. The highest BCUT2D eigenvalue weighted by Crippen LogP contribution is 2.50. The van der Waals surface area contributed by atoms with E-state index in [-0.39, 0.29) is 0 Å². The molecule has 0 atom stereocenters. The fourth-order valence-corrected chi connectivity index (χ4v) is 5.11. The van der Waals surface area contributed by atoms with Gasteiger partial charge in [0.25, 0.3) is 0 Å². The molecule has 2 aliphatic heterocycles. The Morgan fingerprint density at radius 3 is 1.59 bits per heavy atom. The molecule has 22 heavy (non-hydrogen) atoms. The van der Waals surface area contributed by atoms with E-state index in [9.17, 15) is 0 Å². The fraction of sp³-hybridized carbons (Fsp3) is 0.778. The van der Waals surface area contributed by atoms with Gasteiger partial charge in [-0.1, -0.05) is 12.8 Å². The standard InChI is InChI=1S/C18H26N4/c1-3-17(4-1)7-9-21(12-17)15-11-16(20-14-19-15)22-10-8-18(13-22)5-2-6-18/h11,14H,1-10,12-13H2. The zero-order valence-electron chi connectivity index (χ0n) is 13.4. The first-order valence-electron chi connectivity index (χ1n) is 9.08. The molecule has 4 fully saturated rings. The summed E-state index contributed by atoms with van der Waals surface area (Å²) in [6.07, 6.45) is 13.1. The molecule has 2 aliphatic carbocycles. The maximum atomic E-state index is 4.58. The predicted molar refractivity (Wildman–Crippen MR) is 88.3 cm³/mol. The van der Waals surface area contributed by atoms with Gasteiger partial charge in [-0.15, -0.1) is 0 Å². The van der Waals surface area contributed by atoms with Crippen LogP contribution < -0.4 is 9.80 Å². The molecule has 0 bridgehead atoms. The van der Waals surface area contributed by atoms with Crippen molar-refractivity contribution in [2.24, 2.45) is 10.8 Å². The van der Waals surface area contributed by atoms with Crippen LogP contribution >= 0.6 is 0 Å². The lowest BCUT2D eigenvalue weighted by Gasteiger charge is -2.38. The van der Waals surface area contributed by atoms with Gasteiger partial charge in [0.05, 0.1) is 0 Å². The number of nitrogens with zero attached hydrogens (tertiary/aromatic N) is 4. The second-order valence-electron chi connectivity index (χ2n) is 8.28. The predicted octanol–water partition coefficient (Wildman–Crippen LogP) is 3.24. The van der Waals surface area contributed by atoms with E-state index in [1.54, 1.807) is 6.33 Å². The third kappa shape index (κ3) is 1.95. The van der Waals surface area contributed by atoms with Gasteiger partial charge in [0.15, 0.2) is 0 Å². The molecule has 4 nitrogen and oxygen atoms in total. The van der Waals surface area contributed by atoms with Crippen LogP contribution in [-0.4, -0.2) is 36.1 Å². The molecular weight excluding hydrogens is 272 g/mol. The first-order valence-corrected chi connectivity index (χ1v) is 9.08. The van der Waals surface area contributed by atoms with E-state index in [1.807, 2.05) is 0 Å². The topological polar surface area (TPSA) is 32.3 Å². The van der Waals surface area contributed by atoms with E-state index in [1.165, 1.54) is 77.5 Å². The zero-order valence-corrected chi connectivity index (χ0v) is 13.4. The highest BCUT2D eigenvalue weighted by Gasteiger charge is 2.44. The Hall–Kier alpha value is -1.32. The molecule has 1 aromatic rings. The molecule has 118 valence electrons. The van der Waals surface area contributed by atoms with Crippen LogP contribution in [0.15, 0.2) is 12.4 Å². The van der Waals surface area contributed by atoms with Crippen molar-refractivity contribution < 1.29 is 0 Å². The molecule has 4 heteroatoms. The molecule has 4 aliphatic rings. The summed E-state index contributed by atoms with van der Waals surface area (Å²) in [5, 5.41) is 0. The summed E-state index contributed by atoms with van der Waals surface area (Å²) in [4.78, 5) is 14.1. The molecule has 0 unspecified atom stereocenters. The van der Waals surface area contributed by atoms with Gasteiger partial charge < -0.3 is 9.80 Å². The van der Waals surface area contributed by atoms with Gasteiger partial charge in [-0.2, -0.15) is 0 Å². The van der Waals surface area contributed by atoms with Crippen molar-refractivity contribution in [3.63, 3.8) is 0 Å². The Kier molecular flexibility index (Phi) is 2.74. The minimum atomic E-state index is 0.634. The van der Waals surface area contributed by atoms with Crippen molar-refractivity contribution >= 4 is 11.6 Å². The van der Waals surface area contributed by atoms with Gasteiger partial charge in [-0.05, 0) is 49.4 Å². The molecule has 2 saturated heterocycles. The van der Waals surface area contributed by atoms with Gasteiger partial charge in [0.2, 0.25) is 0 Å². The molecule has 0 amide bonds. The smallest absolute Gasteiger partial charge is 0.134 e.